The number of amides is 1. The van der Waals surface area contributed by atoms with Gasteiger partial charge in [-0.05, 0) is 37.3 Å². The Labute approximate surface area is 173 Å². The standard InChI is InChI=1S/C20H22N8O2/c1-12-6-15(18-24-11-25-27-18)21-7-14(12)16-8-22-19-20(26-16)28(17(29)9-23-19)10-13-2-4-30-5-3-13/h6-8,11,13H,2-5,9-10H2,1H3,(H,22,23)(H,24,25,27). The summed E-state index contributed by atoms with van der Waals surface area (Å²) in [4.78, 5) is 32.4. The molecule has 1 amide bonds. The number of H-pyrrole nitrogens is 1. The van der Waals surface area contributed by atoms with Crippen molar-refractivity contribution in [1.29, 1.82) is 0 Å². The maximum atomic E-state index is 12.7. The molecule has 10 heteroatoms. The number of pyridine rings is 1. The fraction of sp³-hybridized carbons (Fsp3) is 0.400. The van der Waals surface area contributed by atoms with Crippen LogP contribution in [0.5, 0.6) is 0 Å². The first kappa shape index (κ1) is 18.6. The minimum Gasteiger partial charge on any atom is -0.381 e. The topological polar surface area (TPSA) is 122 Å². The number of carbonyl (C=O) groups excluding carboxylic acids is 1. The van der Waals surface area contributed by atoms with Gasteiger partial charge in [0.1, 0.15) is 12.0 Å². The minimum absolute atomic E-state index is 0.0101. The van der Waals surface area contributed by atoms with Crippen molar-refractivity contribution in [2.45, 2.75) is 19.8 Å². The first-order chi connectivity index (χ1) is 14.7. The van der Waals surface area contributed by atoms with Gasteiger partial charge in [-0.2, -0.15) is 5.10 Å². The Hall–Kier alpha value is -3.40. The van der Waals surface area contributed by atoms with Crippen LogP contribution in [0.4, 0.5) is 11.6 Å². The van der Waals surface area contributed by atoms with E-state index in [0.717, 1.165) is 37.2 Å². The zero-order chi connectivity index (χ0) is 20.5. The molecule has 0 radical (unpaired) electrons. The zero-order valence-corrected chi connectivity index (χ0v) is 16.6. The van der Waals surface area contributed by atoms with Crippen LogP contribution >= 0.6 is 0 Å². The van der Waals surface area contributed by atoms with Crippen LogP contribution in [-0.2, 0) is 9.53 Å². The number of hydrogen-bond donors (Lipinski definition) is 2. The van der Waals surface area contributed by atoms with Crippen molar-refractivity contribution in [3.8, 4) is 22.8 Å². The van der Waals surface area contributed by atoms with Crippen LogP contribution in [-0.4, -0.2) is 62.3 Å². The average molecular weight is 406 g/mol. The normalized spacial score (nSPS) is 17.0. The molecular weight excluding hydrogens is 384 g/mol. The molecule has 5 heterocycles. The second-order valence-electron chi connectivity index (χ2n) is 7.56. The van der Waals surface area contributed by atoms with E-state index in [1.54, 1.807) is 17.3 Å². The second kappa shape index (κ2) is 7.79. The van der Waals surface area contributed by atoms with Gasteiger partial charge in [0.2, 0.25) is 5.91 Å². The summed E-state index contributed by atoms with van der Waals surface area (Å²) >= 11 is 0. The third-order valence-corrected chi connectivity index (χ3v) is 5.54. The smallest absolute Gasteiger partial charge is 0.247 e. The largest absolute Gasteiger partial charge is 0.381 e. The lowest BCUT2D eigenvalue weighted by Crippen LogP contribution is -2.44. The number of carbonyl (C=O) groups is 1. The minimum atomic E-state index is 0.0101. The quantitative estimate of drug-likeness (QED) is 0.673. The Bertz CT molecular complexity index is 1060. The lowest BCUT2D eigenvalue weighted by molar-refractivity contribution is -0.117. The van der Waals surface area contributed by atoms with Gasteiger partial charge in [0.05, 0.1) is 18.4 Å². The maximum Gasteiger partial charge on any atom is 0.247 e. The predicted molar refractivity (Wildman–Crippen MR) is 110 cm³/mol. The van der Waals surface area contributed by atoms with Crippen LogP contribution in [0.2, 0.25) is 0 Å². The number of aromatic nitrogens is 6. The summed E-state index contributed by atoms with van der Waals surface area (Å²) in [6.07, 6.45) is 6.82. The highest BCUT2D eigenvalue weighted by molar-refractivity contribution is 6.01. The number of fused-ring (bicyclic) bond motifs is 1. The second-order valence-corrected chi connectivity index (χ2v) is 7.56. The summed E-state index contributed by atoms with van der Waals surface area (Å²) in [5.74, 6) is 2.24. The van der Waals surface area contributed by atoms with Gasteiger partial charge in [-0.25, -0.2) is 15.0 Å². The third-order valence-electron chi connectivity index (χ3n) is 5.54. The van der Waals surface area contributed by atoms with Crippen LogP contribution in [0.1, 0.15) is 18.4 Å². The lowest BCUT2D eigenvalue weighted by atomic mass is 9.99. The van der Waals surface area contributed by atoms with E-state index in [0.29, 0.717) is 41.3 Å². The van der Waals surface area contributed by atoms with E-state index in [4.69, 9.17) is 9.72 Å². The summed E-state index contributed by atoms with van der Waals surface area (Å²) < 4.78 is 5.45. The molecule has 0 unspecified atom stereocenters. The van der Waals surface area contributed by atoms with Crippen LogP contribution in [0.3, 0.4) is 0 Å². The van der Waals surface area contributed by atoms with E-state index in [-0.39, 0.29) is 12.5 Å². The maximum absolute atomic E-state index is 12.7. The Morgan fingerprint density at radius 2 is 2.03 bits per heavy atom. The highest BCUT2D eigenvalue weighted by Crippen LogP contribution is 2.31. The molecule has 10 nitrogen and oxygen atoms in total. The SMILES string of the molecule is Cc1cc(-c2ncn[nH]2)ncc1-c1cnc2c(n1)N(CC1CCOCC1)C(=O)CN2. The van der Waals surface area contributed by atoms with E-state index >= 15 is 0 Å². The zero-order valence-electron chi connectivity index (χ0n) is 16.6. The Morgan fingerprint density at radius 3 is 2.80 bits per heavy atom. The molecule has 0 atom stereocenters. The monoisotopic (exact) mass is 406 g/mol. The van der Waals surface area contributed by atoms with Crippen LogP contribution < -0.4 is 10.2 Å². The Balaban J connectivity index is 1.47. The molecular formula is C20H22N8O2. The number of nitrogens with one attached hydrogen (secondary N) is 2. The predicted octanol–water partition coefficient (Wildman–Crippen LogP) is 1.82. The molecule has 3 aromatic rings. The summed E-state index contributed by atoms with van der Waals surface area (Å²) in [6, 6.07) is 1.93. The summed E-state index contributed by atoms with van der Waals surface area (Å²) in [5, 5.41) is 9.76. The first-order valence-corrected chi connectivity index (χ1v) is 10.0. The highest BCUT2D eigenvalue weighted by atomic mass is 16.5. The molecule has 1 saturated heterocycles. The lowest BCUT2D eigenvalue weighted by Gasteiger charge is -2.33. The molecule has 0 saturated carbocycles. The molecule has 2 aliphatic heterocycles. The number of aromatic amines is 1. The van der Waals surface area contributed by atoms with Gasteiger partial charge in [-0.3, -0.25) is 19.8 Å². The fourth-order valence-electron chi connectivity index (χ4n) is 3.85. The van der Waals surface area contributed by atoms with Crippen molar-refractivity contribution in [3.05, 3.63) is 30.4 Å². The Kier molecular flexibility index (Phi) is 4.83. The van der Waals surface area contributed by atoms with Crippen molar-refractivity contribution >= 4 is 17.5 Å². The number of hydrogen-bond acceptors (Lipinski definition) is 8. The van der Waals surface area contributed by atoms with Crippen LogP contribution in [0, 0.1) is 12.8 Å². The summed E-state index contributed by atoms with van der Waals surface area (Å²) in [6.45, 7) is 4.34. The molecule has 0 bridgehead atoms. The van der Waals surface area contributed by atoms with Crippen molar-refractivity contribution in [2.75, 3.05) is 36.5 Å². The molecule has 1 fully saturated rings. The van der Waals surface area contributed by atoms with E-state index in [2.05, 4.69) is 30.5 Å². The molecule has 0 spiro atoms. The number of nitrogens with zero attached hydrogens (tertiary/aromatic N) is 6. The van der Waals surface area contributed by atoms with Gasteiger partial charge in [0.15, 0.2) is 17.5 Å². The van der Waals surface area contributed by atoms with E-state index < -0.39 is 0 Å². The van der Waals surface area contributed by atoms with Crippen molar-refractivity contribution in [3.63, 3.8) is 0 Å². The van der Waals surface area contributed by atoms with Crippen molar-refractivity contribution in [1.82, 2.24) is 30.1 Å². The third kappa shape index (κ3) is 3.50. The van der Waals surface area contributed by atoms with Crippen molar-refractivity contribution in [2.24, 2.45) is 5.92 Å². The number of aryl methyl sites for hydroxylation is 1. The number of ether oxygens (including phenoxy) is 1. The molecule has 154 valence electrons. The van der Waals surface area contributed by atoms with E-state index in [1.165, 1.54) is 6.33 Å². The van der Waals surface area contributed by atoms with E-state index in [1.807, 2.05) is 13.0 Å². The number of anilines is 2. The molecule has 0 aliphatic carbocycles. The number of rotatable bonds is 4. The van der Waals surface area contributed by atoms with Gasteiger partial charge < -0.3 is 10.1 Å². The molecule has 3 aromatic heterocycles. The molecule has 2 aliphatic rings. The summed E-state index contributed by atoms with van der Waals surface area (Å²) in [5.41, 5.74) is 3.23. The molecule has 5 rings (SSSR count). The first-order valence-electron chi connectivity index (χ1n) is 10.0. The van der Waals surface area contributed by atoms with Gasteiger partial charge >= 0.3 is 0 Å². The van der Waals surface area contributed by atoms with Crippen LogP contribution in [0.15, 0.2) is 24.8 Å². The molecule has 2 N–H and O–H groups in total. The van der Waals surface area contributed by atoms with E-state index in [9.17, 15) is 4.79 Å². The van der Waals surface area contributed by atoms with Gasteiger partial charge in [0.25, 0.3) is 0 Å². The van der Waals surface area contributed by atoms with Gasteiger partial charge in [-0.15, -0.1) is 0 Å². The molecule has 0 aromatic carbocycles. The van der Waals surface area contributed by atoms with Crippen molar-refractivity contribution < 1.29 is 9.53 Å². The summed E-state index contributed by atoms with van der Waals surface area (Å²) in [7, 11) is 0. The fourth-order valence-corrected chi connectivity index (χ4v) is 3.85. The van der Waals surface area contributed by atoms with Gasteiger partial charge in [0, 0.05) is 31.5 Å². The van der Waals surface area contributed by atoms with Gasteiger partial charge in [-0.1, -0.05) is 0 Å². The van der Waals surface area contributed by atoms with Crippen LogP contribution in [0.25, 0.3) is 22.8 Å². The average Bonchev–Trinajstić information content (AvgIpc) is 3.31. The Morgan fingerprint density at radius 1 is 1.17 bits per heavy atom. The molecule has 30 heavy (non-hydrogen) atoms. The highest BCUT2D eigenvalue weighted by Gasteiger charge is 2.30.